The second-order valence-corrected chi connectivity index (χ2v) is 6.86. The Morgan fingerprint density at radius 3 is 2.86 bits per heavy atom. The smallest absolute Gasteiger partial charge is 0.410 e. The zero-order valence-corrected chi connectivity index (χ0v) is 14.0. The highest BCUT2D eigenvalue weighted by Gasteiger charge is 2.32. The first-order valence-electron chi connectivity index (χ1n) is 7.78. The number of ether oxygens (including phenoxy) is 1. The van der Waals surface area contributed by atoms with Gasteiger partial charge in [0.25, 0.3) is 0 Å². The van der Waals surface area contributed by atoms with Gasteiger partial charge in [-0.15, -0.1) is 0 Å². The molecule has 0 bridgehead atoms. The predicted molar refractivity (Wildman–Crippen MR) is 84.3 cm³/mol. The van der Waals surface area contributed by atoms with Crippen LogP contribution < -0.4 is 0 Å². The number of carbonyl (C=O) groups excluding carboxylic acids is 1. The average Bonchev–Trinajstić information content (AvgIpc) is 2.86. The zero-order chi connectivity index (χ0) is 16.2. The van der Waals surface area contributed by atoms with E-state index in [1.165, 1.54) is 0 Å². The van der Waals surface area contributed by atoms with Crippen molar-refractivity contribution < 1.29 is 9.53 Å². The van der Waals surface area contributed by atoms with Gasteiger partial charge in [-0.2, -0.15) is 0 Å². The molecule has 0 unspecified atom stereocenters. The number of aromatic nitrogens is 2. The van der Waals surface area contributed by atoms with Crippen molar-refractivity contribution in [2.45, 2.75) is 51.8 Å². The molecule has 1 saturated heterocycles. The molecule has 1 fully saturated rings. The van der Waals surface area contributed by atoms with Gasteiger partial charge in [0.1, 0.15) is 5.60 Å². The third kappa shape index (κ3) is 4.94. The summed E-state index contributed by atoms with van der Waals surface area (Å²) in [5.74, 6) is 0. The van der Waals surface area contributed by atoms with Crippen LogP contribution in [0.15, 0.2) is 18.6 Å². The van der Waals surface area contributed by atoms with Crippen molar-refractivity contribution in [2.75, 3.05) is 20.1 Å². The normalized spacial score (nSPS) is 18.8. The van der Waals surface area contributed by atoms with E-state index < -0.39 is 5.60 Å². The van der Waals surface area contributed by atoms with Gasteiger partial charge in [0, 0.05) is 44.3 Å². The lowest BCUT2D eigenvalue weighted by atomic mass is 10.2. The molecule has 0 saturated carbocycles. The van der Waals surface area contributed by atoms with Crippen molar-refractivity contribution in [1.29, 1.82) is 0 Å². The summed E-state index contributed by atoms with van der Waals surface area (Å²) in [6, 6.07) is 0.205. The van der Waals surface area contributed by atoms with E-state index in [1.807, 2.05) is 32.7 Å². The molecule has 1 aliphatic heterocycles. The van der Waals surface area contributed by atoms with E-state index in [0.29, 0.717) is 0 Å². The van der Waals surface area contributed by atoms with Crippen LogP contribution in [0.2, 0.25) is 0 Å². The van der Waals surface area contributed by atoms with Crippen LogP contribution in [0.5, 0.6) is 0 Å². The molecule has 0 aromatic carbocycles. The molecular weight excluding hydrogens is 280 g/mol. The Kier molecular flexibility index (Phi) is 5.34. The van der Waals surface area contributed by atoms with Gasteiger partial charge in [-0.25, -0.2) is 4.79 Å². The summed E-state index contributed by atoms with van der Waals surface area (Å²) < 4.78 is 5.50. The van der Waals surface area contributed by atoms with E-state index in [9.17, 15) is 4.79 Å². The number of rotatable bonds is 4. The Morgan fingerprint density at radius 1 is 1.45 bits per heavy atom. The Bertz CT molecular complexity index is 487. The van der Waals surface area contributed by atoms with Crippen molar-refractivity contribution >= 4 is 6.09 Å². The van der Waals surface area contributed by atoms with Gasteiger partial charge in [-0.1, -0.05) is 0 Å². The van der Waals surface area contributed by atoms with E-state index in [-0.39, 0.29) is 12.1 Å². The van der Waals surface area contributed by atoms with Crippen LogP contribution in [-0.4, -0.2) is 57.6 Å². The molecule has 2 heterocycles. The fourth-order valence-corrected chi connectivity index (χ4v) is 2.70. The summed E-state index contributed by atoms with van der Waals surface area (Å²) in [7, 11) is 2.04. The zero-order valence-electron chi connectivity index (χ0n) is 14.0. The molecule has 22 heavy (non-hydrogen) atoms. The molecular formula is C16H26N4O2. The molecule has 1 aliphatic rings. The lowest BCUT2D eigenvalue weighted by Gasteiger charge is -2.30. The largest absolute Gasteiger partial charge is 0.444 e. The monoisotopic (exact) mass is 306 g/mol. The summed E-state index contributed by atoms with van der Waals surface area (Å²) in [6.45, 7) is 8.02. The molecule has 0 N–H and O–H groups in total. The van der Waals surface area contributed by atoms with Gasteiger partial charge in [0.05, 0.1) is 5.69 Å². The SMILES string of the molecule is CN(Cc1cnccn1)C[C@H]1CCCN1C(=O)OC(C)(C)C. The Labute approximate surface area is 132 Å². The van der Waals surface area contributed by atoms with Crippen LogP contribution in [0.25, 0.3) is 0 Å². The standard InChI is InChI=1S/C16H26N4O2/c1-16(2,3)22-15(21)20-9-5-6-14(20)12-19(4)11-13-10-17-7-8-18-13/h7-8,10,14H,5-6,9,11-12H2,1-4H3/t14-/m1/s1. The first-order chi connectivity index (χ1) is 10.3. The number of amides is 1. The first-order valence-corrected chi connectivity index (χ1v) is 7.78. The molecule has 1 aromatic heterocycles. The quantitative estimate of drug-likeness (QED) is 0.854. The van der Waals surface area contributed by atoms with E-state index in [4.69, 9.17) is 4.74 Å². The summed E-state index contributed by atoms with van der Waals surface area (Å²) in [5, 5.41) is 0. The van der Waals surface area contributed by atoms with Gasteiger partial charge in [-0.3, -0.25) is 14.9 Å². The summed E-state index contributed by atoms with van der Waals surface area (Å²) in [6.07, 6.45) is 6.99. The maximum atomic E-state index is 12.3. The summed E-state index contributed by atoms with van der Waals surface area (Å²) in [4.78, 5) is 24.7. The van der Waals surface area contributed by atoms with E-state index in [0.717, 1.165) is 38.2 Å². The topological polar surface area (TPSA) is 58.6 Å². The van der Waals surface area contributed by atoms with Gasteiger partial charge in [0.15, 0.2) is 0 Å². The van der Waals surface area contributed by atoms with Crippen LogP contribution in [-0.2, 0) is 11.3 Å². The minimum atomic E-state index is -0.449. The Morgan fingerprint density at radius 2 is 2.23 bits per heavy atom. The fourth-order valence-electron chi connectivity index (χ4n) is 2.70. The van der Waals surface area contributed by atoms with E-state index in [2.05, 4.69) is 14.9 Å². The van der Waals surface area contributed by atoms with Crippen molar-refractivity contribution in [3.63, 3.8) is 0 Å². The van der Waals surface area contributed by atoms with Crippen molar-refractivity contribution in [2.24, 2.45) is 0 Å². The second kappa shape index (κ2) is 7.05. The molecule has 6 nitrogen and oxygen atoms in total. The van der Waals surface area contributed by atoms with Gasteiger partial charge in [0.2, 0.25) is 0 Å². The van der Waals surface area contributed by atoms with Crippen LogP contribution in [0.4, 0.5) is 4.79 Å². The van der Waals surface area contributed by atoms with Gasteiger partial charge < -0.3 is 9.64 Å². The summed E-state index contributed by atoms with van der Waals surface area (Å²) >= 11 is 0. The molecule has 1 atom stereocenters. The molecule has 0 radical (unpaired) electrons. The van der Waals surface area contributed by atoms with Crippen LogP contribution in [0, 0.1) is 0 Å². The molecule has 0 spiro atoms. The number of likely N-dealkylation sites (tertiary alicyclic amines) is 1. The molecule has 1 aromatic rings. The van der Waals surface area contributed by atoms with Crippen molar-refractivity contribution in [3.05, 3.63) is 24.3 Å². The number of nitrogens with zero attached hydrogens (tertiary/aromatic N) is 4. The molecule has 6 heteroatoms. The number of likely N-dealkylation sites (N-methyl/N-ethyl adjacent to an activating group) is 1. The Hall–Kier alpha value is -1.69. The highest BCUT2D eigenvalue weighted by molar-refractivity contribution is 5.69. The average molecular weight is 306 g/mol. The van der Waals surface area contributed by atoms with Gasteiger partial charge >= 0.3 is 6.09 Å². The van der Waals surface area contributed by atoms with E-state index >= 15 is 0 Å². The number of hydrogen-bond donors (Lipinski definition) is 0. The fraction of sp³-hybridized carbons (Fsp3) is 0.688. The maximum absolute atomic E-state index is 12.3. The van der Waals surface area contributed by atoms with Crippen LogP contribution >= 0.6 is 0 Å². The number of hydrogen-bond acceptors (Lipinski definition) is 5. The van der Waals surface area contributed by atoms with Crippen LogP contribution in [0.1, 0.15) is 39.3 Å². The molecule has 1 amide bonds. The molecule has 2 rings (SSSR count). The lowest BCUT2D eigenvalue weighted by molar-refractivity contribution is 0.0201. The van der Waals surface area contributed by atoms with Crippen molar-refractivity contribution in [1.82, 2.24) is 19.8 Å². The van der Waals surface area contributed by atoms with Gasteiger partial charge in [-0.05, 0) is 40.7 Å². The highest BCUT2D eigenvalue weighted by Crippen LogP contribution is 2.21. The third-order valence-corrected chi connectivity index (χ3v) is 3.58. The highest BCUT2D eigenvalue weighted by atomic mass is 16.6. The Balaban J connectivity index is 1.89. The minimum absolute atomic E-state index is 0.205. The maximum Gasteiger partial charge on any atom is 0.410 e. The minimum Gasteiger partial charge on any atom is -0.444 e. The van der Waals surface area contributed by atoms with Crippen molar-refractivity contribution in [3.8, 4) is 0 Å². The predicted octanol–water partition coefficient (Wildman–Crippen LogP) is 2.31. The molecule has 122 valence electrons. The molecule has 0 aliphatic carbocycles. The summed E-state index contributed by atoms with van der Waals surface area (Å²) in [5.41, 5.74) is 0.488. The van der Waals surface area contributed by atoms with E-state index in [1.54, 1.807) is 18.6 Å². The first kappa shape index (κ1) is 16.7. The number of carbonyl (C=O) groups is 1. The third-order valence-electron chi connectivity index (χ3n) is 3.58. The second-order valence-electron chi connectivity index (χ2n) is 6.86. The van der Waals surface area contributed by atoms with Crippen LogP contribution in [0.3, 0.4) is 0 Å². The lowest BCUT2D eigenvalue weighted by Crippen LogP contribution is -2.44.